The summed E-state index contributed by atoms with van der Waals surface area (Å²) in [6.45, 7) is 1.96. The van der Waals surface area contributed by atoms with Crippen LogP contribution in [0, 0.1) is 6.92 Å². The van der Waals surface area contributed by atoms with Crippen LogP contribution in [0.4, 0.5) is 5.69 Å². The summed E-state index contributed by atoms with van der Waals surface area (Å²) in [7, 11) is 0. The number of aromatic nitrogens is 2. The third kappa shape index (κ3) is 2.79. The Labute approximate surface area is 100 Å². The molecule has 0 amide bonds. The lowest BCUT2D eigenvalue weighted by molar-refractivity contribution is 0.173. The van der Waals surface area contributed by atoms with E-state index in [1.165, 1.54) is 0 Å². The standard InChI is InChI=1S/C13H15N3O/c1-9-2-3-12(16-7-9)13(17)6-10-8-15-5-4-11(10)14/h2-5,7-8,13,17H,6H2,1H3,(H2,14,15). The van der Waals surface area contributed by atoms with E-state index in [2.05, 4.69) is 9.97 Å². The fourth-order valence-corrected chi connectivity index (χ4v) is 1.60. The minimum atomic E-state index is -0.651. The van der Waals surface area contributed by atoms with Crippen molar-refractivity contribution in [2.24, 2.45) is 0 Å². The smallest absolute Gasteiger partial charge is 0.100 e. The number of aryl methyl sites for hydroxylation is 1. The molecule has 0 aromatic carbocycles. The third-order valence-electron chi connectivity index (χ3n) is 2.63. The molecule has 0 aliphatic carbocycles. The Hall–Kier alpha value is -1.94. The number of anilines is 1. The van der Waals surface area contributed by atoms with Crippen LogP contribution in [0.15, 0.2) is 36.8 Å². The van der Waals surface area contributed by atoms with Gasteiger partial charge in [0.2, 0.25) is 0 Å². The monoisotopic (exact) mass is 229 g/mol. The minimum absolute atomic E-state index is 0.426. The summed E-state index contributed by atoms with van der Waals surface area (Å²) in [4.78, 5) is 8.19. The van der Waals surface area contributed by atoms with E-state index in [-0.39, 0.29) is 0 Å². The van der Waals surface area contributed by atoms with E-state index in [0.29, 0.717) is 17.8 Å². The number of pyridine rings is 2. The molecule has 0 fully saturated rings. The molecule has 2 aromatic rings. The average molecular weight is 229 g/mol. The molecule has 0 saturated heterocycles. The zero-order valence-corrected chi connectivity index (χ0v) is 9.67. The second-order valence-electron chi connectivity index (χ2n) is 4.05. The maximum atomic E-state index is 10.0. The number of nitrogens with zero attached hydrogens (tertiary/aromatic N) is 2. The molecule has 4 heteroatoms. The van der Waals surface area contributed by atoms with Crippen LogP contribution >= 0.6 is 0 Å². The zero-order chi connectivity index (χ0) is 12.3. The molecule has 2 aromatic heterocycles. The molecule has 0 aliphatic heterocycles. The molecule has 1 unspecified atom stereocenters. The van der Waals surface area contributed by atoms with Gasteiger partial charge in [-0.05, 0) is 30.2 Å². The van der Waals surface area contributed by atoms with Crippen molar-refractivity contribution in [3.8, 4) is 0 Å². The third-order valence-corrected chi connectivity index (χ3v) is 2.63. The van der Waals surface area contributed by atoms with Crippen LogP contribution in [0.1, 0.15) is 22.9 Å². The SMILES string of the molecule is Cc1ccc(C(O)Cc2cnccc2N)nc1. The molecule has 0 bridgehead atoms. The maximum Gasteiger partial charge on any atom is 0.100 e. The van der Waals surface area contributed by atoms with Crippen molar-refractivity contribution < 1.29 is 5.11 Å². The predicted molar refractivity (Wildman–Crippen MR) is 66.3 cm³/mol. The number of rotatable bonds is 3. The Morgan fingerprint density at radius 1 is 1.29 bits per heavy atom. The molecule has 0 radical (unpaired) electrons. The zero-order valence-electron chi connectivity index (χ0n) is 9.67. The molecule has 88 valence electrons. The fourth-order valence-electron chi connectivity index (χ4n) is 1.60. The van der Waals surface area contributed by atoms with Crippen LogP contribution in [-0.4, -0.2) is 15.1 Å². The molecule has 0 aliphatic rings. The highest BCUT2D eigenvalue weighted by molar-refractivity contribution is 5.44. The van der Waals surface area contributed by atoms with Gasteiger partial charge in [-0.1, -0.05) is 6.07 Å². The first-order valence-electron chi connectivity index (χ1n) is 5.46. The summed E-state index contributed by atoms with van der Waals surface area (Å²) in [6.07, 6.45) is 4.82. The van der Waals surface area contributed by atoms with E-state index in [1.807, 2.05) is 19.1 Å². The number of aliphatic hydroxyl groups excluding tert-OH is 1. The Morgan fingerprint density at radius 3 is 2.76 bits per heavy atom. The Balaban J connectivity index is 2.14. The highest BCUT2D eigenvalue weighted by Crippen LogP contribution is 2.19. The molecule has 0 spiro atoms. The number of hydrogen-bond acceptors (Lipinski definition) is 4. The quantitative estimate of drug-likeness (QED) is 0.839. The first kappa shape index (κ1) is 11.5. The lowest BCUT2D eigenvalue weighted by Gasteiger charge is -2.11. The molecule has 2 heterocycles. The van der Waals surface area contributed by atoms with Crippen molar-refractivity contribution in [1.29, 1.82) is 0 Å². The van der Waals surface area contributed by atoms with Gasteiger partial charge >= 0.3 is 0 Å². The van der Waals surface area contributed by atoms with E-state index in [9.17, 15) is 5.11 Å². The summed E-state index contributed by atoms with van der Waals surface area (Å²) in [5.74, 6) is 0. The number of aliphatic hydroxyl groups is 1. The first-order valence-corrected chi connectivity index (χ1v) is 5.46. The molecule has 3 N–H and O–H groups in total. The predicted octanol–water partition coefficient (Wildman–Crippen LogP) is 1.64. The first-order chi connectivity index (χ1) is 8.16. The average Bonchev–Trinajstić information content (AvgIpc) is 2.33. The number of nitrogen functional groups attached to an aromatic ring is 1. The molecule has 2 rings (SSSR count). The van der Waals surface area contributed by atoms with Gasteiger partial charge in [0.05, 0.1) is 5.69 Å². The summed E-state index contributed by atoms with van der Waals surface area (Å²) >= 11 is 0. The van der Waals surface area contributed by atoms with Gasteiger partial charge in [0, 0.05) is 30.7 Å². The second kappa shape index (κ2) is 4.93. The summed E-state index contributed by atoms with van der Waals surface area (Å²) < 4.78 is 0. The van der Waals surface area contributed by atoms with Crippen molar-refractivity contribution in [3.05, 3.63) is 53.6 Å². The van der Waals surface area contributed by atoms with Crippen LogP contribution < -0.4 is 5.73 Å². The van der Waals surface area contributed by atoms with Gasteiger partial charge in [-0.25, -0.2) is 0 Å². The Kier molecular flexibility index (Phi) is 3.35. The Bertz CT molecular complexity index is 496. The molecular formula is C13H15N3O. The topological polar surface area (TPSA) is 72.0 Å². The molecule has 4 nitrogen and oxygen atoms in total. The van der Waals surface area contributed by atoms with Gasteiger partial charge in [-0.3, -0.25) is 9.97 Å². The van der Waals surface area contributed by atoms with Gasteiger partial charge < -0.3 is 10.8 Å². The van der Waals surface area contributed by atoms with Crippen molar-refractivity contribution >= 4 is 5.69 Å². The fraction of sp³-hybridized carbons (Fsp3) is 0.231. The Morgan fingerprint density at radius 2 is 2.12 bits per heavy atom. The largest absolute Gasteiger partial charge is 0.398 e. The second-order valence-corrected chi connectivity index (χ2v) is 4.05. The van der Waals surface area contributed by atoms with E-state index in [0.717, 1.165) is 11.1 Å². The summed E-state index contributed by atoms with van der Waals surface area (Å²) in [5.41, 5.74) is 9.00. The van der Waals surface area contributed by atoms with Crippen LogP contribution in [-0.2, 0) is 6.42 Å². The highest BCUT2D eigenvalue weighted by atomic mass is 16.3. The van der Waals surface area contributed by atoms with E-state index >= 15 is 0 Å². The normalized spacial score (nSPS) is 12.4. The molecule has 0 saturated carbocycles. The van der Waals surface area contributed by atoms with E-state index < -0.39 is 6.10 Å². The van der Waals surface area contributed by atoms with E-state index in [1.54, 1.807) is 24.7 Å². The lowest BCUT2D eigenvalue weighted by Crippen LogP contribution is -2.06. The van der Waals surface area contributed by atoms with Crippen LogP contribution in [0.3, 0.4) is 0 Å². The minimum Gasteiger partial charge on any atom is -0.398 e. The van der Waals surface area contributed by atoms with Gasteiger partial charge in [-0.2, -0.15) is 0 Å². The van der Waals surface area contributed by atoms with Crippen molar-refractivity contribution in [2.75, 3.05) is 5.73 Å². The van der Waals surface area contributed by atoms with Crippen molar-refractivity contribution in [2.45, 2.75) is 19.4 Å². The van der Waals surface area contributed by atoms with Crippen molar-refractivity contribution in [1.82, 2.24) is 9.97 Å². The molecule has 1 atom stereocenters. The number of hydrogen-bond donors (Lipinski definition) is 2. The molecule has 17 heavy (non-hydrogen) atoms. The van der Waals surface area contributed by atoms with Crippen molar-refractivity contribution in [3.63, 3.8) is 0 Å². The highest BCUT2D eigenvalue weighted by Gasteiger charge is 2.11. The van der Waals surface area contributed by atoms with Crippen LogP contribution in [0.25, 0.3) is 0 Å². The summed E-state index contributed by atoms with van der Waals surface area (Å²) in [6, 6.07) is 5.48. The number of nitrogens with two attached hydrogens (primary N) is 1. The van der Waals surface area contributed by atoms with E-state index in [4.69, 9.17) is 5.73 Å². The van der Waals surface area contributed by atoms with Gasteiger partial charge in [0.1, 0.15) is 6.10 Å². The van der Waals surface area contributed by atoms with Crippen LogP contribution in [0.2, 0.25) is 0 Å². The van der Waals surface area contributed by atoms with Gasteiger partial charge in [0.15, 0.2) is 0 Å². The maximum absolute atomic E-state index is 10.0. The summed E-state index contributed by atoms with van der Waals surface area (Å²) in [5, 5.41) is 10.0. The lowest BCUT2D eigenvalue weighted by atomic mass is 10.1. The van der Waals surface area contributed by atoms with Gasteiger partial charge in [0.25, 0.3) is 0 Å². The molecular weight excluding hydrogens is 214 g/mol. The van der Waals surface area contributed by atoms with Gasteiger partial charge in [-0.15, -0.1) is 0 Å². The van der Waals surface area contributed by atoms with Crippen LogP contribution in [0.5, 0.6) is 0 Å².